The summed E-state index contributed by atoms with van der Waals surface area (Å²) >= 11 is 0. The van der Waals surface area contributed by atoms with Gasteiger partial charge in [-0.15, -0.1) is 0 Å². The summed E-state index contributed by atoms with van der Waals surface area (Å²) in [5.74, 6) is 2.38. The molecular weight excluding hydrogens is 356 g/mol. The van der Waals surface area contributed by atoms with Crippen molar-refractivity contribution in [3.05, 3.63) is 41.5 Å². The molecule has 1 amide bonds. The van der Waals surface area contributed by atoms with Gasteiger partial charge in [-0.1, -0.05) is 17.3 Å². The molecule has 2 fully saturated rings. The van der Waals surface area contributed by atoms with Crippen molar-refractivity contribution >= 4 is 5.91 Å². The lowest BCUT2D eigenvalue weighted by molar-refractivity contribution is -0.132. The molecule has 1 unspecified atom stereocenters. The molecule has 1 atom stereocenters. The topological polar surface area (TPSA) is 71.7 Å². The summed E-state index contributed by atoms with van der Waals surface area (Å²) in [6.07, 6.45) is 3.50. The van der Waals surface area contributed by atoms with Gasteiger partial charge >= 0.3 is 0 Å². The van der Waals surface area contributed by atoms with Gasteiger partial charge in [0.1, 0.15) is 5.75 Å². The Bertz CT molecular complexity index is 842. The van der Waals surface area contributed by atoms with Gasteiger partial charge in [-0.2, -0.15) is 4.98 Å². The lowest BCUT2D eigenvalue weighted by Crippen LogP contribution is -2.44. The van der Waals surface area contributed by atoms with Crippen molar-refractivity contribution in [3.63, 3.8) is 0 Å². The second kappa shape index (κ2) is 7.54. The first-order chi connectivity index (χ1) is 13.5. The molecule has 1 spiro atoms. The number of methoxy groups -OCH3 is 1. The molecule has 7 nitrogen and oxygen atoms in total. The van der Waals surface area contributed by atoms with Gasteiger partial charge in [0, 0.05) is 26.6 Å². The van der Waals surface area contributed by atoms with Crippen LogP contribution in [0.2, 0.25) is 0 Å². The zero-order chi connectivity index (χ0) is 19.7. The van der Waals surface area contributed by atoms with Crippen LogP contribution in [0.1, 0.15) is 42.6 Å². The van der Waals surface area contributed by atoms with Crippen LogP contribution in [0.25, 0.3) is 0 Å². The lowest BCUT2D eigenvalue weighted by Gasteiger charge is -2.39. The van der Waals surface area contributed by atoms with E-state index >= 15 is 0 Å². The Morgan fingerprint density at radius 3 is 2.82 bits per heavy atom. The van der Waals surface area contributed by atoms with Gasteiger partial charge in [0.15, 0.2) is 5.82 Å². The maximum absolute atomic E-state index is 12.8. The number of likely N-dealkylation sites (tertiary alicyclic amines) is 2. The first kappa shape index (κ1) is 18.9. The maximum Gasteiger partial charge on any atom is 0.226 e. The monoisotopic (exact) mass is 384 g/mol. The minimum Gasteiger partial charge on any atom is -0.497 e. The highest BCUT2D eigenvalue weighted by atomic mass is 16.5. The first-order valence-corrected chi connectivity index (χ1v) is 9.89. The fraction of sp³-hybridized carbons (Fsp3) is 0.571. The van der Waals surface area contributed by atoms with Crippen molar-refractivity contribution in [3.8, 4) is 5.75 Å². The Morgan fingerprint density at radius 1 is 1.36 bits per heavy atom. The second-order valence-electron chi connectivity index (χ2n) is 8.22. The fourth-order valence-electron chi connectivity index (χ4n) is 4.67. The summed E-state index contributed by atoms with van der Waals surface area (Å²) in [7, 11) is 3.78. The van der Waals surface area contributed by atoms with E-state index < -0.39 is 0 Å². The molecule has 2 aromatic rings. The number of ether oxygens (including phenoxy) is 1. The minimum atomic E-state index is 0.194. The summed E-state index contributed by atoms with van der Waals surface area (Å²) in [5, 5.41) is 4.13. The number of rotatable bonds is 4. The van der Waals surface area contributed by atoms with Gasteiger partial charge in [-0.25, -0.2) is 0 Å². The highest BCUT2D eigenvalue weighted by molar-refractivity contribution is 5.79. The number of nitrogens with zero attached hydrogens (tertiary/aromatic N) is 4. The largest absolute Gasteiger partial charge is 0.497 e. The average Bonchev–Trinajstić information content (AvgIpc) is 3.25. The van der Waals surface area contributed by atoms with Crippen molar-refractivity contribution in [1.82, 2.24) is 19.9 Å². The summed E-state index contributed by atoms with van der Waals surface area (Å²) in [6.45, 7) is 4.47. The van der Waals surface area contributed by atoms with Crippen LogP contribution in [-0.4, -0.2) is 59.6 Å². The molecule has 0 aliphatic carbocycles. The second-order valence-corrected chi connectivity index (χ2v) is 8.22. The quantitative estimate of drug-likeness (QED) is 0.807. The zero-order valence-electron chi connectivity index (χ0n) is 16.9. The average molecular weight is 384 g/mol. The smallest absolute Gasteiger partial charge is 0.226 e. The predicted octanol–water partition coefficient (Wildman–Crippen LogP) is 2.61. The molecule has 1 aromatic heterocycles. The van der Waals surface area contributed by atoms with E-state index in [1.165, 1.54) is 0 Å². The van der Waals surface area contributed by atoms with Crippen LogP contribution in [0.4, 0.5) is 0 Å². The minimum absolute atomic E-state index is 0.194. The van der Waals surface area contributed by atoms with Crippen molar-refractivity contribution in [1.29, 1.82) is 0 Å². The van der Waals surface area contributed by atoms with Gasteiger partial charge in [0.25, 0.3) is 0 Å². The van der Waals surface area contributed by atoms with Crippen LogP contribution in [0.5, 0.6) is 5.75 Å². The molecule has 4 rings (SSSR count). The maximum atomic E-state index is 12.8. The van der Waals surface area contributed by atoms with Crippen LogP contribution in [0.3, 0.4) is 0 Å². The van der Waals surface area contributed by atoms with Gasteiger partial charge in [-0.05, 0) is 49.4 Å². The fourth-order valence-corrected chi connectivity index (χ4v) is 4.67. The molecule has 0 saturated carbocycles. The number of benzene rings is 1. The molecule has 2 aliphatic heterocycles. The van der Waals surface area contributed by atoms with Gasteiger partial charge < -0.3 is 14.2 Å². The number of hydrogen-bond donors (Lipinski definition) is 0. The molecule has 0 bridgehead atoms. The molecule has 7 heteroatoms. The summed E-state index contributed by atoms with van der Waals surface area (Å²) in [4.78, 5) is 21.5. The lowest BCUT2D eigenvalue weighted by atomic mass is 9.76. The van der Waals surface area contributed by atoms with E-state index in [4.69, 9.17) is 9.26 Å². The normalized spacial score (nSPS) is 22.0. The summed E-state index contributed by atoms with van der Waals surface area (Å²) in [5.41, 5.74) is 1.23. The Kier molecular flexibility index (Phi) is 5.10. The number of carbonyl (C=O) groups excluding carboxylic acids is 1. The van der Waals surface area contributed by atoms with Gasteiger partial charge in [0.2, 0.25) is 11.8 Å². The number of piperidine rings is 1. The van der Waals surface area contributed by atoms with Crippen molar-refractivity contribution in [2.75, 3.05) is 33.8 Å². The van der Waals surface area contributed by atoms with E-state index in [-0.39, 0.29) is 17.4 Å². The highest BCUT2D eigenvalue weighted by Crippen LogP contribution is 2.47. The standard InChI is InChI=1S/C21H28N4O3/c1-15-22-20(23-28-15)18-13-21(14-24(18)2)7-9-25(10-8-21)19(26)12-16-5-4-6-17(11-16)27-3/h4-6,11,18H,7-10,12-14H2,1-3H3. The van der Waals surface area contributed by atoms with Crippen LogP contribution in [0, 0.1) is 12.3 Å². The molecule has 2 saturated heterocycles. The molecular formula is C21H28N4O3. The Hall–Kier alpha value is -2.41. The number of aromatic nitrogens is 2. The van der Waals surface area contributed by atoms with Gasteiger partial charge in [-0.3, -0.25) is 9.69 Å². The molecule has 0 radical (unpaired) electrons. The Labute approximate surface area is 165 Å². The van der Waals surface area contributed by atoms with Gasteiger partial charge in [0.05, 0.1) is 19.6 Å². The Balaban J connectivity index is 1.36. The van der Waals surface area contributed by atoms with Crippen LogP contribution >= 0.6 is 0 Å². The van der Waals surface area contributed by atoms with E-state index in [1.54, 1.807) is 7.11 Å². The molecule has 150 valence electrons. The predicted molar refractivity (Wildman–Crippen MR) is 104 cm³/mol. The molecule has 3 heterocycles. The molecule has 1 aromatic carbocycles. The summed E-state index contributed by atoms with van der Waals surface area (Å²) in [6, 6.07) is 7.95. The third-order valence-electron chi connectivity index (χ3n) is 6.25. The van der Waals surface area contributed by atoms with E-state index in [9.17, 15) is 4.79 Å². The number of carbonyl (C=O) groups is 1. The zero-order valence-corrected chi connectivity index (χ0v) is 16.9. The Morgan fingerprint density at radius 2 is 2.14 bits per heavy atom. The van der Waals surface area contributed by atoms with Crippen molar-refractivity contribution < 1.29 is 14.1 Å². The third-order valence-corrected chi connectivity index (χ3v) is 6.25. The summed E-state index contributed by atoms with van der Waals surface area (Å²) < 4.78 is 10.4. The molecule has 0 N–H and O–H groups in total. The molecule has 28 heavy (non-hydrogen) atoms. The number of hydrogen-bond acceptors (Lipinski definition) is 6. The van der Waals surface area contributed by atoms with E-state index in [0.717, 1.165) is 56.0 Å². The van der Waals surface area contributed by atoms with Crippen LogP contribution < -0.4 is 4.74 Å². The SMILES string of the molecule is COc1cccc(CC(=O)N2CCC3(CC2)CC(c2noc(C)n2)N(C)C3)c1. The molecule has 2 aliphatic rings. The van der Waals surface area contributed by atoms with Crippen molar-refractivity contribution in [2.45, 2.75) is 38.6 Å². The highest BCUT2D eigenvalue weighted by Gasteiger charge is 2.46. The van der Waals surface area contributed by atoms with Crippen molar-refractivity contribution in [2.24, 2.45) is 5.41 Å². The number of amides is 1. The van der Waals surface area contributed by atoms with Crippen LogP contribution in [-0.2, 0) is 11.2 Å². The van der Waals surface area contributed by atoms with E-state index in [0.29, 0.717) is 12.3 Å². The van der Waals surface area contributed by atoms with E-state index in [1.807, 2.05) is 36.1 Å². The number of aryl methyl sites for hydroxylation is 1. The third kappa shape index (κ3) is 3.76. The van der Waals surface area contributed by atoms with E-state index in [2.05, 4.69) is 22.1 Å². The van der Waals surface area contributed by atoms with Crippen LogP contribution in [0.15, 0.2) is 28.8 Å². The first-order valence-electron chi connectivity index (χ1n) is 9.89.